The van der Waals surface area contributed by atoms with E-state index >= 15 is 0 Å². The largest absolute Gasteiger partial charge is 0.412 e. The highest BCUT2D eigenvalue weighted by Gasteiger charge is 2.49. The Hall–Kier alpha value is -3.82. The first-order valence-corrected chi connectivity index (χ1v) is 14.2. The van der Waals surface area contributed by atoms with Crippen molar-refractivity contribution >= 4 is 29.7 Å². The van der Waals surface area contributed by atoms with E-state index in [1.165, 1.54) is 16.7 Å². The Morgan fingerprint density at radius 2 is 1.62 bits per heavy atom. The monoisotopic (exact) mass is 561 g/mol. The topological polar surface area (TPSA) is 108 Å². The predicted molar refractivity (Wildman–Crippen MR) is 156 cm³/mol. The summed E-state index contributed by atoms with van der Waals surface area (Å²) >= 11 is 1.47. The van der Waals surface area contributed by atoms with Crippen LogP contribution in [0.5, 0.6) is 5.75 Å². The van der Waals surface area contributed by atoms with Gasteiger partial charge in [-0.2, -0.15) is 0 Å². The van der Waals surface area contributed by atoms with Crippen molar-refractivity contribution in [1.29, 1.82) is 0 Å². The summed E-state index contributed by atoms with van der Waals surface area (Å²) in [5, 5.41) is 17.0. The van der Waals surface area contributed by atoms with E-state index in [0.717, 1.165) is 16.7 Å². The minimum absolute atomic E-state index is 0.187. The van der Waals surface area contributed by atoms with E-state index in [9.17, 15) is 19.5 Å². The summed E-state index contributed by atoms with van der Waals surface area (Å²) in [6.07, 6.45) is -2.21. The summed E-state index contributed by atoms with van der Waals surface area (Å²) in [6, 6.07) is 23.8. The lowest BCUT2D eigenvalue weighted by atomic mass is 9.97. The lowest BCUT2D eigenvalue weighted by molar-refractivity contribution is -0.147. The molecule has 0 radical (unpaired) electrons. The van der Waals surface area contributed by atoms with Crippen LogP contribution in [0.25, 0.3) is 0 Å². The van der Waals surface area contributed by atoms with Gasteiger partial charge < -0.3 is 25.4 Å². The average Bonchev–Trinajstić information content (AvgIpc) is 3.27. The van der Waals surface area contributed by atoms with E-state index in [1.54, 1.807) is 30.3 Å². The maximum absolute atomic E-state index is 13.7. The molecule has 3 amide bonds. The molecule has 3 aromatic rings. The molecule has 8 nitrogen and oxygen atoms in total. The Bertz CT molecular complexity index is 1320. The van der Waals surface area contributed by atoms with Crippen LogP contribution in [0.2, 0.25) is 0 Å². The standard InChI is InChI=1S/C31H35N3O5S/c1-21-12-10-11-15-23(21)19-32-28(36)27-31(2,3)40-20-34(27)29(37)26(35)25(18-22-13-6-4-7-14-22)33-30(38)39-24-16-8-5-9-17-24/h4-17,25-27,35H,18-20H2,1-3H3,(H,32,36)(H,33,38)/t25-,26-,27+/m0/s1. The summed E-state index contributed by atoms with van der Waals surface area (Å²) in [5.41, 5.74) is 2.87. The zero-order valence-corrected chi connectivity index (χ0v) is 23.7. The van der Waals surface area contributed by atoms with E-state index in [0.29, 0.717) is 12.3 Å². The number of carbonyl (C=O) groups excluding carboxylic acids is 3. The summed E-state index contributed by atoms with van der Waals surface area (Å²) in [5.74, 6) is -0.356. The van der Waals surface area contributed by atoms with Crippen molar-refractivity contribution in [2.75, 3.05) is 5.88 Å². The van der Waals surface area contributed by atoms with Crippen LogP contribution in [0.15, 0.2) is 84.9 Å². The van der Waals surface area contributed by atoms with Crippen LogP contribution in [0.3, 0.4) is 0 Å². The SMILES string of the molecule is Cc1ccccc1CNC(=O)[C@H]1N(C(=O)[C@@H](O)[C@H](Cc2ccccc2)NC(=O)Oc2ccccc2)CSC1(C)C. The van der Waals surface area contributed by atoms with E-state index in [-0.39, 0.29) is 18.2 Å². The number of hydrogen-bond donors (Lipinski definition) is 3. The van der Waals surface area contributed by atoms with Gasteiger partial charge in [0.1, 0.15) is 11.8 Å². The van der Waals surface area contributed by atoms with Gasteiger partial charge in [0.05, 0.1) is 11.9 Å². The highest BCUT2D eigenvalue weighted by molar-refractivity contribution is 8.00. The number of carbonyl (C=O) groups is 3. The van der Waals surface area contributed by atoms with Gasteiger partial charge in [0.15, 0.2) is 6.10 Å². The summed E-state index contributed by atoms with van der Waals surface area (Å²) in [7, 11) is 0. The first-order chi connectivity index (χ1) is 19.2. The van der Waals surface area contributed by atoms with E-state index in [1.807, 2.05) is 75.4 Å². The highest BCUT2D eigenvalue weighted by Crippen LogP contribution is 2.40. The molecule has 3 aromatic carbocycles. The van der Waals surface area contributed by atoms with Crippen LogP contribution < -0.4 is 15.4 Å². The molecule has 1 heterocycles. The Kier molecular flexibility index (Phi) is 9.50. The first-order valence-electron chi connectivity index (χ1n) is 13.2. The second kappa shape index (κ2) is 13.0. The molecular formula is C31H35N3O5S. The van der Waals surface area contributed by atoms with Crippen LogP contribution in [0.1, 0.15) is 30.5 Å². The van der Waals surface area contributed by atoms with Crippen molar-refractivity contribution in [3.8, 4) is 5.75 Å². The summed E-state index contributed by atoms with van der Waals surface area (Å²) in [6.45, 7) is 6.13. The van der Waals surface area contributed by atoms with Gasteiger partial charge in [0, 0.05) is 11.3 Å². The molecule has 1 aliphatic heterocycles. The van der Waals surface area contributed by atoms with Gasteiger partial charge in [0.25, 0.3) is 5.91 Å². The molecule has 0 aromatic heterocycles. The molecule has 3 atom stereocenters. The number of aliphatic hydroxyl groups is 1. The van der Waals surface area contributed by atoms with Crippen LogP contribution in [-0.4, -0.2) is 56.7 Å². The molecule has 0 bridgehead atoms. The van der Waals surface area contributed by atoms with Gasteiger partial charge in [-0.25, -0.2) is 4.79 Å². The third-order valence-corrected chi connectivity index (χ3v) is 8.36. The number of nitrogens with one attached hydrogen (secondary N) is 2. The van der Waals surface area contributed by atoms with Crippen molar-refractivity contribution in [3.05, 3.63) is 102 Å². The Balaban J connectivity index is 1.51. The molecule has 1 aliphatic rings. The molecule has 0 spiro atoms. The van der Waals surface area contributed by atoms with Crippen molar-refractivity contribution < 1.29 is 24.2 Å². The van der Waals surface area contributed by atoms with Gasteiger partial charge in [-0.05, 0) is 56.0 Å². The molecule has 40 heavy (non-hydrogen) atoms. The quantitative estimate of drug-likeness (QED) is 0.364. The van der Waals surface area contributed by atoms with Crippen molar-refractivity contribution in [1.82, 2.24) is 15.5 Å². The molecule has 1 fully saturated rings. The van der Waals surface area contributed by atoms with Crippen LogP contribution >= 0.6 is 11.8 Å². The maximum Gasteiger partial charge on any atom is 0.412 e. The number of amides is 3. The van der Waals surface area contributed by atoms with Crippen LogP contribution in [0.4, 0.5) is 4.79 Å². The number of benzene rings is 3. The van der Waals surface area contributed by atoms with Crippen LogP contribution in [-0.2, 0) is 22.6 Å². The molecule has 0 unspecified atom stereocenters. The lowest BCUT2D eigenvalue weighted by Gasteiger charge is -2.33. The second-order valence-electron chi connectivity index (χ2n) is 10.3. The number of nitrogens with zero attached hydrogens (tertiary/aromatic N) is 1. The Morgan fingerprint density at radius 3 is 2.30 bits per heavy atom. The van der Waals surface area contributed by atoms with Gasteiger partial charge >= 0.3 is 6.09 Å². The number of thioether (sulfide) groups is 1. The number of para-hydroxylation sites is 1. The summed E-state index contributed by atoms with van der Waals surface area (Å²) in [4.78, 5) is 41.3. The number of rotatable bonds is 9. The zero-order valence-electron chi connectivity index (χ0n) is 22.9. The Labute approximate surface area is 239 Å². The predicted octanol–water partition coefficient (Wildman–Crippen LogP) is 4.05. The van der Waals surface area contributed by atoms with E-state index in [2.05, 4.69) is 10.6 Å². The van der Waals surface area contributed by atoms with Gasteiger partial charge in [-0.3, -0.25) is 9.59 Å². The number of ether oxygens (including phenoxy) is 1. The maximum atomic E-state index is 13.7. The molecule has 1 saturated heterocycles. The van der Waals surface area contributed by atoms with E-state index in [4.69, 9.17) is 4.74 Å². The molecule has 0 saturated carbocycles. The fraction of sp³-hybridized carbons (Fsp3) is 0.323. The van der Waals surface area contributed by atoms with E-state index < -0.39 is 34.9 Å². The molecular weight excluding hydrogens is 526 g/mol. The summed E-state index contributed by atoms with van der Waals surface area (Å²) < 4.78 is 4.78. The smallest absolute Gasteiger partial charge is 0.410 e. The minimum atomic E-state index is -1.61. The number of aryl methyl sites for hydroxylation is 1. The Morgan fingerprint density at radius 1 is 1.00 bits per heavy atom. The van der Waals surface area contributed by atoms with Gasteiger partial charge in [-0.1, -0.05) is 72.8 Å². The lowest BCUT2D eigenvalue weighted by Crippen LogP contribution is -2.58. The third kappa shape index (κ3) is 7.22. The fourth-order valence-corrected chi connectivity index (χ4v) is 5.87. The molecule has 9 heteroatoms. The first kappa shape index (κ1) is 29.2. The third-order valence-electron chi connectivity index (χ3n) is 6.98. The molecule has 3 N–H and O–H groups in total. The van der Waals surface area contributed by atoms with Crippen molar-refractivity contribution in [2.45, 2.75) is 56.7 Å². The van der Waals surface area contributed by atoms with Crippen molar-refractivity contribution in [2.24, 2.45) is 0 Å². The molecule has 4 rings (SSSR count). The van der Waals surface area contributed by atoms with Crippen molar-refractivity contribution in [3.63, 3.8) is 0 Å². The van der Waals surface area contributed by atoms with Gasteiger partial charge in [-0.15, -0.1) is 11.8 Å². The second-order valence-corrected chi connectivity index (χ2v) is 11.9. The normalized spacial score (nSPS) is 17.5. The van der Waals surface area contributed by atoms with Gasteiger partial charge in [0.2, 0.25) is 5.91 Å². The minimum Gasteiger partial charge on any atom is -0.410 e. The number of aliphatic hydroxyl groups excluding tert-OH is 1. The molecule has 210 valence electrons. The molecule has 0 aliphatic carbocycles. The average molecular weight is 562 g/mol. The number of hydrogen-bond acceptors (Lipinski definition) is 6. The van der Waals surface area contributed by atoms with Crippen LogP contribution in [0, 0.1) is 6.92 Å². The zero-order chi connectivity index (χ0) is 28.7. The fourth-order valence-electron chi connectivity index (χ4n) is 4.73. The highest BCUT2D eigenvalue weighted by atomic mass is 32.2.